The van der Waals surface area contributed by atoms with Crippen LogP contribution in [0.25, 0.3) is 0 Å². The summed E-state index contributed by atoms with van der Waals surface area (Å²) in [5.74, 6) is -0.420. The largest absolute Gasteiger partial charge is 0.378 e. The van der Waals surface area contributed by atoms with Gasteiger partial charge in [0.05, 0.1) is 16.9 Å². The van der Waals surface area contributed by atoms with Gasteiger partial charge in [-0.05, 0) is 33.6 Å². The van der Waals surface area contributed by atoms with Crippen LogP contribution in [-0.4, -0.2) is 15.7 Å². The Morgan fingerprint density at radius 2 is 2.32 bits per heavy atom. The fraction of sp³-hybridized carbons (Fsp3) is 0.167. The highest BCUT2D eigenvalue weighted by atomic mass is 79.9. The molecule has 0 radical (unpaired) electrons. The van der Waals surface area contributed by atoms with E-state index in [0.717, 1.165) is 15.7 Å². The number of hydrogen-bond acceptors (Lipinski definition) is 3. The van der Waals surface area contributed by atoms with Crippen molar-refractivity contribution in [3.05, 3.63) is 45.7 Å². The van der Waals surface area contributed by atoms with Gasteiger partial charge in [-0.15, -0.1) is 0 Å². The lowest BCUT2D eigenvalue weighted by molar-refractivity contribution is -0.118. The van der Waals surface area contributed by atoms with Crippen molar-refractivity contribution < 1.29 is 4.79 Å². The minimum absolute atomic E-state index is 0.0776. The van der Waals surface area contributed by atoms with Crippen LogP contribution in [0.1, 0.15) is 5.56 Å². The van der Waals surface area contributed by atoms with Crippen LogP contribution in [0, 0.1) is 0 Å². The van der Waals surface area contributed by atoms with E-state index in [4.69, 9.17) is 17.3 Å². The number of nitrogens with zero attached hydrogens (tertiary/aromatic N) is 2. The molecule has 7 heteroatoms. The van der Waals surface area contributed by atoms with Gasteiger partial charge >= 0.3 is 0 Å². The van der Waals surface area contributed by atoms with Gasteiger partial charge in [-0.25, -0.2) is 0 Å². The van der Waals surface area contributed by atoms with Gasteiger partial charge in [0.1, 0.15) is 6.54 Å². The van der Waals surface area contributed by atoms with Crippen molar-refractivity contribution in [1.29, 1.82) is 0 Å². The molecule has 1 amide bonds. The predicted molar refractivity (Wildman–Crippen MR) is 77.9 cm³/mol. The van der Waals surface area contributed by atoms with E-state index in [0.29, 0.717) is 11.6 Å². The van der Waals surface area contributed by atoms with Crippen molar-refractivity contribution in [1.82, 2.24) is 9.78 Å². The lowest BCUT2D eigenvalue weighted by Gasteiger charge is -2.05. The highest BCUT2D eigenvalue weighted by Gasteiger charge is 2.02. The van der Waals surface area contributed by atoms with Crippen LogP contribution in [0.3, 0.4) is 0 Å². The van der Waals surface area contributed by atoms with E-state index >= 15 is 0 Å². The maximum atomic E-state index is 10.7. The number of nitrogens with one attached hydrogen (secondary N) is 1. The third kappa shape index (κ3) is 3.97. The maximum Gasteiger partial charge on any atom is 0.239 e. The molecule has 19 heavy (non-hydrogen) atoms. The van der Waals surface area contributed by atoms with E-state index in [-0.39, 0.29) is 6.54 Å². The van der Waals surface area contributed by atoms with Gasteiger partial charge in [-0.3, -0.25) is 9.48 Å². The van der Waals surface area contributed by atoms with E-state index in [1.807, 2.05) is 18.2 Å². The summed E-state index contributed by atoms with van der Waals surface area (Å²) in [5.41, 5.74) is 7.00. The van der Waals surface area contributed by atoms with Crippen LogP contribution < -0.4 is 11.1 Å². The number of aromatic nitrogens is 2. The molecule has 0 unspecified atom stereocenters. The zero-order valence-corrected chi connectivity index (χ0v) is 12.3. The summed E-state index contributed by atoms with van der Waals surface area (Å²) >= 11 is 9.30. The number of hydrogen-bond donors (Lipinski definition) is 2. The Labute approximate surface area is 123 Å². The molecule has 0 fully saturated rings. The van der Waals surface area contributed by atoms with E-state index in [1.165, 1.54) is 4.68 Å². The number of carbonyl (C=O) groups is 1. The van der Waals surface area contributed by atoms with Crippen molar-refractivity contribution in [3.63, 3.8) is 0 Å². The second-order valence-electron chi connectivity index (χ2n) is 3.99. The molecule has 1 aromatic carbocycles. The van der Waals surface area contributed by atoms with E-state index in [2.05, 4.69) is 26.3 Å². The molecule has 5 nitrogen and oxygen atoms in total. The first-order valence-electron chi connectivity index (χ1n) is 5.53. The molecule has 3 N–H and O–H groups in total. The highest BCUT2D eigenvalue weighted by Crippen LogP contribution is 2.23. The van der Waals surface area contributed by atoms with Crippen molar-refractivity contribution in [2.45, 2.75) is 13.1 Å². The molecule has 0 saturated carbocycles. The maximum absolute atomic E-state index is 10.7. The summed E-state index contributed by atoms with van der Waals surface area (Å²) in [7, 11) is 0. The number of benzene rings is 1. The minimum Gasteiger partial charge on any atom is -0.378 e. The molecule has 0 aliphatic rings. The first-order valence-corrected chi connectivity index (χ1v) is 6.70. The summed E-state index contributed by atoms with van der Waals surface area (Å²) in [5, 5.41) is 7.90. The van der Waals surface area contributed by atoms with E-state index in [1.54, 1.807) is 12.4 Å². The Bertz CT molecular complexity index is 599. The lowest BCUT2D eigenvalue weighted by atomic mass is 10.2. The van der Waals surface area contributed by atoms with Gasteiger partial charge in [-0.2, -0.15) is 5.10 Å². The first-order chi connectivity index (χ1) is 9.04. The Morgan fingerprint density at radius 1 is 1.53 bits per heavy atom. The average Bonchev–Trinajstić information content (AvgIpc) is 2.77. The topological polar surface area (TPSA) is 72.9 Å². The number of primary amides is 1. The summed E-state index contributed by atoms with van der Waals surface area (Å²) in [6, 6.07) is 5.72. The molecule has 100 valence electrons. The number of anilines is 1. The number of nitrogens with two attached hydrogens (primary N) is 1. The Hall–Kier alpha value is -1.53. The summed E-state index contributed by atoms with van der Waals surface area (Å²) in [4.78, 5) is 10.7. The normalized spacial score (nSPS) is 10.4. The number of amides is 1. The molecule has 2 rings (SSSR count). The fourth-order valence-corrected chi connectivity index (χ4v) is 2.10. The number of carbonyl (C=O) groups excluding carboxylic acids is 1. The summed E-state index contributed by atoms with van der Waals surface area (Å²) in [6.45, 7) is 0.714. The smallest absolute Gasteiger partial charge is 0.239 e. The van der Waals surface area contributed by atoms with Crippen molar-refractivity contribution in [2.24, 2.45) is 5.73 Å². The second kappa shape index (κ2) is 6.08. The molecular weight excluding hydrogens is 332 g/mol. The molecule has 0 aliphatic heterocycles. The van der Waals surface area contributed by atoms with Crippen LogP contribution in [0.5, 0.6) is 0 Å². The standard InChI is InChI=1S/C12H12BrClN4O/c13-10-3-8(1-2-11(10)14)4-16-9-5-17-18(6-9)7-12(15)19/h1-3,5-6,16H,4,7H2,(H2,15,19). The molecule has 1 aromatic heterocycles. The molecule has 1 heterocycles. The predicted octanol–water partition coefficient (Wildman–Crippen LogP) is 2.40. The quantitative estimate of drug-likeness (QED) is 0.875. The van der Waals surface area contributed by atoms with Gasteiger partial charge < -0.3 is 11.1 Å². The molecule has 0 saturated heterocycles. The Balaban J connectivity index is 1.96. The summed E-state index contributed by atoms with van der Waals surface area (Å²) in [6.07, 6.45) is 3.38. The Kier molecular flexibility index (Phi) is 4.44. The molecule has 0 aliphatic carbocycles. The first kappa shape index (κ1) is 13.9. The minimum atomic E-state index is -0.420. The van der Waals surface area contributed by atoms with Gasteiger partial charge in [0.2, 0.25) is 5.91 Å². The molecule has 0 atom stereocenters. The van der Waals surface area contributed by atoms with Crippen molar-refractivity contribution >= 4 is 39.1 Å². The lowest BCUT2D eigenvalue weighted by Crippen LogP contribution is -2.18. The van der Waals surface area contributed by atoms with Crippen LogP contribution in [-0.2, 0) is 17.9 Å². The number of rotatable bonds is 5. The van der Waals surface area contributed by atoms with Gasteiger partial charge in [-0.1, -0.05) is 17.7 Å². The number of halogens is 2. The Morgan fingerprint density at radius 3 is 3.00 bits per heavy atom. The summed E-state index contributed by atoms with van der Waals surface area (Å²) < 4.78 is 2.35. The third-order valence-corrected chi connectivity index (χ3v) is 3.65. The van der Waals surface area contributed by atoms with Crippen LogP contribution in [0.2, 0.25) is 5.02 Å². The van der Waals surface area contributed by atoms with Gasteiger partial charge in [0, 0.05) is 17.2 Å². The molecule has 0 spiro atoms. The average molecular weight is 344 g/mol. The molecular formula is C12H12BrClN4O. The fourth-order valence-electron chi connectivity index (χ4n) is 1.55. The monoisotopic (exact) mass is 342 g/mol. The molecule has 0 bridgehead atoms. The van der Waals surface area contributed by atoms with Crippen molar-refractivity contribution in [2.75, 3.05) is 5.32 Å². The van der Waals surface area contributed by atoms with E-state index in [9.17, 15) is 4.79 Å². The van der Waals surface area contributed by atoms with Crippen LogP contribution in [0.4, 0.5) is 5.69 Å². The van der Waals surface area contributed by atoms with Crippen LogP contribution in [0.15, 0.2) is 35.1 Å². The second-order valence-corrected chi connectivity index (χ2v) is 5.26. The van der Waals surface area contributed by atoms with E-state index < -0.39 is 5.91 Å². The third-order valence-electron chi connectivity index (χ3n) is 2.43. The van der Waals surface area contributed by atoms with Gasteiger partial charge in [0.25, 0.3) is 0 Å². The van der Waals surface area contributed by atoms with Crippen molar-refractivity contribution in [3.8, 4) is 0 Å². The van der Waals surface area contributed by atoms with Crippen LogP contribution >= 0.6 is 27.5 Å². The zero-order valence-electron chi connectivity index (χ0n) is 9.94. The molecule has 2 aromatic rings. The SMILES string of the molecule is NC(=O)Cn1cc(NCc2ccc(Cl)c(Br)c2)cn1. The van der Waals surface area contributed by atoms with Gasteiger partial charge in [0.15, 0.2) is 0 Å². The zero-order chi connectivity index (χ0) is 13.8. The highest BCUT2D eigenvalue weighted by molar-refractivity contribution is 9.10.